The first-order valence-electron chi connectivity index (χ1n) is 5.05. The van der Waals surface area contributed by atoms with Crippen LogP contribution < -0.4 is 10.6 Å². The third-order valence-corrected chi connectivity index (χ3v) is 2.17. The average molecular weight is 280 g/mol. The van der Waals surface area contributed by atoms with Crippen molar-refractivity contribution in [1.82, 2.24) is 15.6 Å². The Morgan fingerprint density at radius 2 is 1.94 bits per heavy atom. The van der Waals surface area contributed by atoms with E-state index >= 15 is 0 Å². The molecule has 0 bridgehead atoms. The molecule has 17 heavy (non-hydrogen) atoms. The molecule has 0 aliphatic heterocycles. The van der Waals surface area contributed by atoms with Crippen LogP contribution in [0.4, 0.5) is 0 Å². The van der Waals surface area contributed by atoms with Crippen molar-refractivity contribution < 1.29 is 4.79 Å². The number of rotatable bonds is 5. The van der Waals surface area contributed by atoms with E-state index in [1.807, 2.05) is 26.1 Å². The zero-order valence-corrected chi connectivity index (χ0v) is 11.6. The maximum Gasteiger partial charge on any atom is 0.224 e. The van der Waals surface area contributed by atoms with E-state index in [-0.39, 0.29) is 36.6 Å². The number of hydrogen-bond acceptors (Lipinski definition) is 3. The zero-order valence-electron chi connectivity index (χ0n) is 9.97. The number of amides is 1. The summed E-state index contributed by atoms with van der Waals surface area (Å²) >= 11 is 0. The molecule has 1 unspecified atom stereocenters. The topological polar surface area (TPSA) is 54.0 Å². The van der Waals surface area contributed by atoms with Crippen LogP contribution in [0.25, 0.3) is 0 Å². The number of carbonyl (C=O) groups excluding carboxylic acids is 1. The number of carbonyl (C=O) groups is 1. The number of halogens is 2. The van der Waals surface area contributed by atoms with Crippen molar-refractivity contribution >= 4 is 30.7 Å². The first kappa shape index (κ1) is 18.5. The van der Waals surface area contributed by atoms with Gasteiger partial charge in [-0.1, -0.05) is 6.92 Å². The van der Waals surface area contributed by atoms with Crippen LogP contribution in [0.3, 0.4) is 0 Å². The minimum atomic E-state index is -0.00293. The number of nitrogens with zero attached hydrogens (tertiary/aromatic N) is 1. The molecule has 1 heterocycles. The minimum absolute atomic E-state index is 0. The molecule has 0 aliphatic rings. The first-order chi connectivity index (χ1) is 7.24. The molecule has 0 fully saturated rings. The first-order valence-corrected chi connectivity index (χ1v) is 5.05. The van der Waals surface area contributed by atoms with Gasteiger partial charge < -0.3 is 10.6 Å². The van der Waals surface area contributed by atoms with Crippen LogP contribution >= 0.6 is 24.8 Å². The van der Waals surface area contributed by atoms with Gasteiger partial charge in [0.2, 0.25) is 5.91 Å². The lowest BCUT2D eigenvalue weighted by atomic mass is 10.1. The molecule has 4 nitrogen and oxygen atoms in total. The highest BCUT2D eigenvalue weighted by atomic mass is 35.5. The van der Waals surface area contributed by atoms with Crippen LogP contribution in [0.5, 0.6) is 0 Å². The summed E-state index contributed by atoms with van der Waals surface area (Å²) in [5, 5.41) is 5.85. The van der Waals surface area contributed by atoms with E-state index in [9.17, 15) is 4.79 Å². The Morgan fingerprint density at radius 3 is 2.47 bits per heavy atom. The zero-order chi connectivity index (χ0) is 11.1. The van der Waals surface area contributed by atoms with Gasteiger partial charge in [0.15, 0.2) is 0 Å². The Bertz CT molecular complexity index is 309. The maximum atomic E-state index is 11.5. The Balaban J connectivity index is 0. The maximum absolute atomic E-state index is 11.5. The van der Waals surface area contributed by atoms with Crippen molar-refractivity contribution in [2.45, 2.75) is 13.5 Å². The molecule has 1 aromatic heterocycles. The van der Waals surface area contributed by atoms with E-state index in [0.717, 1.165) is 5.56 Å². The van der Waals surface area contributed by atoms with Crippen LogP contribution in [0.15, 0.2) is 24.5 Å². The fourth-order valence-electron chi connectivity index (χ4n) is 1.26. The van der Waals surface area contributed by atoms with Gasteiger partial charge in [-0.2, -0.15) is 0 Å². The predicted molar refractivity (Wildman–Crippen MR) is 73.7 cm³/mol. The van der Waals surface area contributed by atoms with Crippen LogP contribution in [0.1, 0.15) is 12.5 Å². The van der Waals surface area contributed by atoms with Crippen molar-refractivity contribution in [2.24, 2.45) is 5.92 Å². The summed E-state index contributed by atoms with van der Waals surface area (Å²) in [5.41, 5.74) is 1.06. The molecule has 0 radical (unpaired) electrons. The van der Waals surface area contributed by atoms with Gasteiger partial charge in [-0.3, -0.25) is 9.78 Å². The highest BCUT2D eigenvalue weighted by Gasteiger charge is 2.10. The third kappa shape index (κ3) is 7.15. The van der Waals surface area contributed by atoms with Gasteiger partial charge in [0.25, 0.3) is 0 Å². The van der Waals surface area contributed by atoms with E-state index in [2.05, 4.69) is 15.6 Å². The number of aromatic nitrogens is 1. The normalized spacial score (nSPS) is 10.7. The number of pyridine rings is 1. The second-order valence-corrected chi connectivity index (χ2v) is 3.53. The quantitative estimate of drug-likeness (QED) is 0.857. The monoisotopic (exact) mass is 279 g/mol. The van der Waals surface area contributed by atoms with Gasteiger partial charge in [-0.15, -0.1) is 24.8 Å². The Labute approximate surface area is 114 Å². The second-order valence-electron chi connectivity index (χ2n) is 3.53. The van der Waals surface area contributed by atoms with E-state index in [1.54, 1.807) is 12.4 Å². The van der Waals surface area contributed by atoms with Gasteiger partial charge in [0.1, 0.15) is 0 Å². The summed E-state index contributed by atoms with van der Waals surface area (Å²) in [7, 11) is 1.84. The number of nitrogens with one attached hydrogen (secondary N) is 2. The van der Waals surface area contributed by atoms with E-state index in [4.69, 9.17) is 0 Å². The van der Waals surface area contributed by atoms with Crippen molar-refractivity contribution in [3.8, 4) is 0 Å². The van der Waals surface area contributed by atoms with Crippen molar-refractivity contribution in [2.75, 3.05) is 13.6 Å². The fraction of sp³-hybridized carbons (Fsp3) is 0.455. The van der Waals surface area contributed by atoms with Crippen LogP contribution in [-0.4, -0.2) is 24.5 Å². The molecule has 0 saturated carbocycles. The summed E-state index contributed by atoms with van der Waals surface area (Å²) < 4.78 is 0. The van der Waals surface area contributed by atoms with Crippen LogP contribution in [0, 0.1) is 5.92 Å². The molecule has 1 atom stereocenters. The highest BCUT2D eigenvalue weighted by molar-refractivity contribution is 5.85. The Morgan fingerprint density at radius 1 is 1.35 bits per heavy atom. The standard InChI is InChI=1S/C11H17N3O.2ClH/c1-9(7-12-2)11(15)14-8-10-3-5-13-6-4-10;;/h3-6,9,12H,7-8H2,1-2H3,(H,14,15);2*1H. The molecular formula is C11H19Cl2N3O. The van der Waals surface area contributed by atoms with Crippen LogP contribution in [0.2, 0.25) is 0 Å². The second kappa shape index (κ2) is 10.3. The summed E-state index contributed by atoms with van der Waals surface area (Å²) in [6, 6.07) is 3.78. The van der Waals surface area contributed by atoms with Gasteiger partial charge in [0.05, 0.1) is 0 Å². The van der Waals surface area contributed by atoms with Crippen molar-refractivity contribution in [3.63, 3.8) is 0 Å². The minimum Gasteiger partial charge on any atom is -0.352 e. The molecule has 1 amide bonds. The lowest BCUT2D eigenvalue weighted by Gasteiger charge is -2.11. The van der Waals surface area contributed by atoms with Crippen molar-refractivity contribution in [1.29, 1.82) is 0 Å². The third-order valence-electron chi connectivity index (χ3n) is 2.17. The summed E-state index contributed by atoms with van der Waals surface area (Å²) in [5.74, 6) is 0.0676. The Kier molecular flexibility index (Phi) is 11.2. The van der Waals surface area contributed by atoms with Gasteiger partial charge in [-0.25, -0.2) is 0 Å². The van der Waals surface area contributed by atoms with Gasteiger partial charge in [-0.05, 0) is 24.7 Å². The molecule has 0 spiro atoms. The van der Waals surface area contributed by atoms with E-state index in [0.29, 0.717) is 13.1 Å². The molecule has 1 aromatic rings. The molecular weight excluding hydrogens is 261 g/mol. The molecule has 0 aromatic carbocycles. The highest BCUT2D eigenvalue weighted by Crippen LogP contribution is 1.97. The fourth-order valence-corrected chi connectivity index (χ4v) is 1.26. The molecule has 0 saturated heterocycles. The summed E-state index contributed by atoms with van der Waals surface area (Å²) in [6.45, 7) is 3.16. The smallest absolute Gasteiger partial charge is 0.224 e. The lowest BCUT2D eigenvalue weighted by Crippen LogP contribution is -2.33. The lowest BCUT2D eigenvalue weighted by molar-refractivity contribution is -0.124. The molecule has 6 heteroatoms. The average Bonchev–Trinajstić information content (AvgIpc) is 2.27. The van der Waals surface area contributed by atoms with Crippen LogP contribution in [-0.2, 0) is 11.3 Å². The Hall–Kier alpha value is -0.840. The van der Waals surface area contributed by atoms with E-state index in [1.165, 1.54) is 0 Å². The molecule has 2 N–H and O–H groups in total. The van der Waals surface area contributed by atoms with E-state index < -0.39 is 0 Å². The van der Waals surface area contributed by atoms with Gasteiger partial charge >= 0.3 is 0 Å². The summed E-state index contributed by atoms with van der Waals surface area (Å²) in [4.78, 5) is 15.5. The molecule has 98 valence electrons. The number of hydrogen-bond donors (Lipinski definition) is 2. The molecule has 1 rings (SSSR count). The molecule has 0 aliphatic carbocycles. The summed E-state index contributed by atoms with van der Waals surface area (Å²) in [6.07, 6.45) is 3.44. The largest absolute Gasteiger partial charge is 0.352 e. The SMILES string of the molecule is CNCC(C)C(=O)NCc1ccncc1.Cl.Cl. The van der Waals surface area contributed by atoms with Gasteiger partial charge in [0, 0.05) is 31.4 Å². The van der Waals surface area contributed by atoms with Crippen molar-refractivity contribution in [3.05, 3.63) is 30.1 Å². The predicted octanol–water partition coefficient (Wildman–Crippen LogP) is 1.40.